The lowest BCUT2D eigenvalue weighted by Gasteiger charge is -2.17. The Labute approximate surface area is 178 Å². The van der Waals surface area contributed by atoms with Gasteiger partial charge in [0, 0.05) is 25.7 Å². The standard InChI is InChI=1S/C23H32N4O3/c1-16(2)30-21-13-17(3)5-8-19(21)14-27-23(25-4)26-12-11-18-6-9-20(10-7-18)29-15-22(24)28/h5-10,13,16H,11-12,14-15H2,1-4H3,(H2,24,28)(H2,25,26,27). The SMILES string of the molecule is CN=C(NCCc1ccc(OCC(N)=O)cc1)NCc1ccc(C)cc1OC(C)C. The van der Waals surface area contributed by atoms with Gasteiger partial charge in [-0.3, -0.25) is 9.79 Å². The van der Waals surface area contributed by atoms with Crippen molar-refractivity contribution in [3.8, 4) is 11.5 Å². The summed E-state index contributed by atoms with van der Waals surface area (Å²) >= 11 is 0. The van der Waals surface area contributed by atoms with Crippen molar-refractivity contribution in [1.82, 2.24) is 10.6 Å². The van der Waals surface area contributed by atoms with E-state index in [1.54, 1.807) is 7.05 Å². The van der Waals surface area contributed by atoms with Crippen LogP contribution < -0.4 is 25.8 Å². The molecule has 0 saturated heterocycles. The van der Waals surface area contributed by atoms with Crippen LogP contribution in [0.1, 0.15) is 30.5 Å². The van der Waals surface area contributed by atoms with Gasteiger partial charge in [-0.2, -0.15) is 0 Å². The number of benzene rings is 2. The molecule has 162 valence electrons. The number of nitrogens with one attached hydrogen (secondary N) is 2. The fraction of sp³-hybridized carbons (Fsp3) is 0.391. The summed E-state index contributed by atoms with van der Waals surface area (Å²) < 4.78 is 11.2. The number of primary amides is 1. The molecule has 0 aliphatic carbocycles. The lowest BCUT2D eigenvalue weighted by Crippen LogP contribution is -2.38. The third kappa shape index (κ3) is 8.03. The Bertz CT molecular complexity index is 848. The fourth-order valence-electron chi connectivity index (χ4n) is 2.80. The smallest absolute Gasteiger partial charge is 0.255 e. The average Bonchev–Trinajstić information content (AvgIpc) is 2.70. The molecule has 7 heteroatoms. The molecule has 4 N–H and O–H groups in total. The van der Waals surface area contributed by atoms with E-state index in [2.05, 4.69) is 40.7 Å². The Balaban J connectivity index is 1.82. The zero-order valence-electron chi connectivity index (χ0n) is 18.2. The summed E-state index contributed by atoms with van der Waals surface area (Å²) in [5, 5.41) is 6.66. The molecule has 0 fully saturated rings. The Morgan fingerprint density at radius 1 is 1.13 bits per heavy atom. The van der Waals surface area contributed by atoms with Crippen LogP contribution in [0.15, 0.2) is 47.5 Å². The Kier molecular flexibility index (Phi) is 9.00. The Morgan fingerprint density at radius 2 is 1.87 bits per heavy atom. The summed E-state index contributed by atoms with van der Waals surface area (Å²) in [7, 11) is 1.75. The number of ether oxygens (including phenoxy) is 2. The first-order chi connectivity index (χ1) is 14.4. The molecule has 0 unspecified atom stereocenters. The number of guanidine groups is 1. The molecule has 7 nitrogen and oxygen atoms in total. The van der Waals surface area contributed by atoms with Crippen LogP contribution >= 0.6 is 0 Å². The molecule has 30 heavy (non-hydrogen) atoms. The normalized spacial score (nSPS) is 11.3. The number of rotatable bonds is 10. The molecule has 2 aromatic carbocycles. The minimum absolute atomic E-state index is 0.117. The molecule has 0 aromatic heterocycles. The van der Waals surface area contributed by atoms with Gasteiger partial charge in [0.2, 0.25) is 0 Å². The van der Waals surface area contributed by atoms with Crippen LogP contribution in [0, 0.1) is 6.92 Å². The van der Waals surface area contributed by atoms with E-state index in [9.17, 15) is 4.79 Å². The molecule has 0 heterocycles. The minimum atomic E-state index is -0.490. The summed E-state index contributed by atoms with van der Waals surface area (Å²) in [4.78, 5) is 15.0. The molecule has 2 aromatic rings. The van der Waals surface area contributed by atoms with Crippen molar-refractivity contribution in [1.29, 1.82) is 0 Å². The van der Waals surface area contributed by atoms with E-state index in [1.165, 1.54) is 5.56 Å². The molecule has 1 amide bonds. The molecule has 0 aliphatic heterocycles. The van der Waals surface area contributed by atoms with Gasteiger partial charge in [0.05, 0.1) is 6.10 Å². The number of nitrogens with two attached hydrogens (primary N) is 1. The summed E-state index contributed by atoms with van der Waals surface area (Å²) in [6.07, 6.45) is 0.943. The van der Waals surface area contributed by atoms with Gasteiger partial charge in [-0.25, -0.2) is 0 Å². The van der Waals surface area contributed by atoms with Gasteiger partial charge in [0.1, 0.15) is 11.5 Å². The van der Waals surface area contributed by atoms with E-state index in [4.69, 9.17) is 15.2 Å². The second-order valence-corrected chi connectivity index (χ2v) is 7.28. The third-order valence-corrected chi connectivity index (χ3v) is 4.27. The highest BCUT2D eigenvalue weighted by Gasteiger charge is 2.07. The number of hydrogen-bond donors (Lipinski definition) is 3. The number of amides is 1. The van der Waals surface area contributed by atoms with Gasteiger partial charge in [0.25, 0.3) is 5.91 Å². The summed E-state index contributed by atoms with van der Waals surface area (Å²) in [6.45, 7) is 7.33. The van der Waals surface area contributed by atoms with Crippen LogP contribution in [0.25, 0.3) is 0 Å². The molecule has 0 spiro atoms. The van der Waals surface area contributed by atoms with Gasteiger partial charge in [0.15, 0.2) is 12.6 Å². The van der Waals surface area contributed by atoms with Gasteiger partial charge in [-0.1, -0.05) is 24.3 Å². The molecule has 0 bridgehead atoms. The molecule has 0 atom stereocenters. The van der Waals surface area contributed by atoms with Gasteiger partial charge in [-0.05, 0) is 56.5 Å². The molecule has 0 aliphatic rings. The first-order valence-electron chi connectivity index (χ1n) is 10.1. The average molecular weight is 413 g/mol. The first kappa shape index (κ1) is 23.1. The molecular formula is C23H32N4O3. The van der Waals surface area contributed by atoms with Crippen molar-refractivity contribution in [2.75, 3.05) is 20.2 Å². The van der Waals surface area contributed by atoms with Crippen LogP contribution in [-0.2, 0) is 17.8 Å². The highest BCUT2D eigenvalue weighted by atomic mass is 16.5. The maximum Gasteiger partial charge on any atom is 0.255 e. The van der Waals surface area contributed by atoms with Crippen LogP contribution in [0.5, 0.6) is 11.5 Å². The number of hydrogen-bond acceptors (Lipinski definition) is 4. The van der Waals surface area contributed by atoms with Crippen molar-refractivity contribution in [2.45, 2.75) is 39.8 Å². The Morgan fingerprint density at radius 3 is 2.50 bits per heavy atom. The second-order valence-electron chi connectivity index (χ2n) is 7.28. The second kappa shape index (κ2) is 11.7. The van der Waals surface area contributed by atoms with Crippen molar-refractivity contribution >= 4 is 11.9 Å². The number of carbonyl (C=O) groups is 1. The number of carbonyl (C=O) groups excluding carboxylic acids is 1. The van der Waals surface area contributed by atoms with Crippen molar-refractivity contribution in [2.24, 2.45) is 10.7 Å². The zero-order valence-corrected chi connectivity index (χ0v) is 18.2. The fourth-order valence-corrected chi connectivity index (χ4v) is 2.80. The van der Waals surface area contributed by atoms with E-state index < -0.39 is 5.91 Å². The number of nitrogens with zero attached hydrogens (tertiary/aromatic N) is 1. The summed E-state index contributed by atoms with van der Waals surface area (Å²) in [5.41, 5.74) is 8.48. The third-order valence-electron chi connectivity index (χ3n) is 4.27. The maximum absolute atomic E-state index is 10.8. The van der Waals surface area contributed by atoms with Gasteiger partial charge in [-0.15, -0.1) is 0 Å². The molecule has 2 rings (SSSR count). The maximum atomic E-state index is 10.8. The largest absolute Gasteiger partial charge is 0.491 e. The van der Waals surface area contributed by atoms with Crippen LogP contribution in [0.2, 0.25) is 0 Å². The summed E-state index contributed by atoms with van der Waals surface area (Å²) in [5.74, 6) is 1.76. The quantitative estimate of drug-likeness (QED) is 0.412. The van der Waals surface area contributed by atoms with Crippen molar-refractivity contribution < 1.29 is 14.3 Å². The van der Waals surface area contributed by atoms with Gasteiger partial charge < -0.3 is 25.8 Å². The van der Waals surface area contributed by atoms with Crippen LogP contribution in [-0.4, -0.2) is 38.2 Å². The molecular weight excluding hydrogens is 380 g/mol. The van der Waals surface area contributed by atoms with E-state index >= 15 is 0 Å². The number of aliphatic imine (C=N–C) groups is 1. The van der Waals surface area contributed by atoms with Gasteiger partial charge >= 0.3 is 0 Å². The van der Waals surface area contributed by atoms with E-state index in [0.29, 0.717) is 12.3 Å². The van der Waals surface area contributed by atoms with Crippen LogP contribution in [0.4, 0.5) is 0 Å². The molecule has 0 radical (unpaired) electrons. The minimum Gasteiger partial charge on any atom is -0.491 e. The predicted molar refractivity (Wildman–Crippen MR) is 120 cm³/mol. The Hall–Kier alpha value is -3.22. The lowest BCUT2D eigenvalue weighted by molar-refractivity contribution is -0.119. The highest BCUT2D eigenvalue weighted by molar-refractivity contribution is 5.79. The van der Waals surface area contributed by atoms with E-state index in [1.807, 2.05) is 38.1 Å². The lowest BCUT2D eigenvalue weighted by atomic mass is 10.1. The van der Waals surface area contributed by atoms with Crippen LogP contribution in [0.3, 0.4) is 0 Å². The monoisotopic (exact) mass is 412 g/mol. The van der Waals surface area contributed by atoms with Crippen molar-refractivity contribution in [3.63, 3.8) is 0 Å². The first-order valence-corrected chi connectivity index (χ1v) is 10.1. The molecule has 0 saturated carbocycles. The number of aryl methyl sites for hydroxylation is 1. The van der Waals surface area contributed by atoms with Crippen molar-refractivity contribution in [3.05, 3.63) is 59.2 Å². The predicted octanol–water partition coefficient (Wildman–Crippen LogP) is 2.55. The van der Waals surface area contributed by atoms with E-state index in [-0.39, 0.29) is 12.7 Å². The topological polar surface area (TPSA) is 98.0 Å². The van der Waals surface area contributed by atoms with E-state index in [0.717, 1.165) is 35.8 Å². The summed E-state index contributed by atoms with van der Waals surface area (Å²) in [6, 6.07) is 13.8. The highest BCUT2D eigenvalue weighted by Crippen LogP contribution is 2.21. The zero-order chi connectivity index (χ0) is 21.9.